The van der Waals surface area contributed by atoms with Crippen LogP contribution in [0.4, 0.5) is 5.69 Å². The summed E-state index contributed by atoms with van der Waals surface area (Å²) >= 11 is 0. The molecule has 0 atom stereocenters. The Bertz CT molecular complexity index is 463. The molecule has 3 heterocycles. The number of aromatic nitrogens is 1. The maximum absolute atomic E-state index is 12.5. The molecule has 1 spiro atoms. The van der Waals surface area contributed by atoms with Crippen molar-refractivity contribution in [3.05, 3.63) is 24.0 Å². The molecule has 1 aromatic rings. The van der Waals surface area contributed by atoms with E-state index in [0.717, 1.165) is 37.3 Å². The van der Waals surface area contributed by atoms with Gasteiger partial charge in [0, 0.05) is 13.2 Å². The smallest absolute Gasteiger partial charge is 0.239 e. The van der Waals surface area contributed by atoms with Gasteiger partial charge in [-0.2, -0.15) is 0 Å². The maximum Gasteiger partial charge on any atom is 0.239 e. The van der Waals surface area contributed by atoms with Crippen LogP contribution >= 0.6 is 0 Å². The van der Waals surface area contributed by atoms with E-state index in [1.54, 1.807) is 11.1 Å². The van der Waals surface area contributed by atoms with E-state index < -0.39 is 0 Å². The number of carbonyl (C=O) groups excluding carboxylic acids is 1. The molecule has 2 aliphatic heterocycles. The standard InChI is InChI=1S/C13H17N3O/c1-15-8-5-13(6-9-15)11-10(4-3-7-14-11)16(2)12(13)17/h3-4,7H,5-6,8-9H2,1-2H3. The zero-order valence-corrected chi connectivity index (χ0v) is 10.3. The Balaban J connectivity index is 2.09. The van der Waals surface area contributed by atoms with Gasteiger partial charge in [0.25, 0.3) is 0 Å². The number of fused-ring (bicyclic) bond motifs is 2. The molecule has 0 radical (unpaired) electrons. The van der Waals surface area contributed by atoms with E-state index in [0.29, 0.717) is 0 Å². The van der Waals surface area contributed by atoms with E-state index in [1.165, 1.54) is 0 Å². The van der Waals surface area contributed by atoms with Crippen molar-refractivity contribution in [2.24, 2.45) is 0 Å². The number of hydrogen-bond acceptors (Lipinski definition) is 3. The van der Waals surface area contributed by atoms with Gasteiger partial charge >= 0.3 is 0 Å². The van der Waals surface area contributed by atoms with Crippen LogP contribution in [0.3, 0.4) is 0 Å². The van der Waals surface area contributed by atoms with Gasteiger partial charge < -0.3 is 9.80 Å². The molecule has 17 heavy (non-hydrogen) atoms. The average molecular weight is 231 g/mol. The van der Waals surface area contributed by atoms with Crippen molar-refractivity contribution in [1.82, 2.24) is 9.88 Å². The first-order valence-electron chi connectivity index (χ1n) is 6.07. The number of carbonyl (C=O) groups is 1. The predicted octanol–water partition coefficient (Wildman–Crippen LogP) is 1.02. The van der Waals surface area contributed by atoms with Crippen molar-refractivity contribution in [2.45, 2.75) is 18.3 Å². The van der Waals surface area contributed by atoms with E-state index in [9.17, 15) is 4.79 Å². The van der Waals surface area contributed by atoms with Crippen LogP contribution in [-0.2, 0) is 10.2 Å². The molecule has 2 aliphatic rings. The lowest BCUT2D eigenvalue weighted by Gasteiger charge is -2.35. The second-order valence-electron chi connectivity index (χ2n) is 5.12. The molecule has 0 aliphatic carbocycles. The molecule has 1 fully saturated rings. The molecular formula is C13H17N3O. The summed E-state index contributed by atoms with van der Waals surface area (Å²) in [5.41, 5.74) is 1.63. The molecule has 90 valence electrons. The van der Waals surface area contributed by atoms with E-state index in [4.69, 9.17) is 0 Å². The van der Waals surface area contributed by atoms with Crippen molar-refractivity contribution in [3.8, 4) is 0 Å². The van der Waals surface area contributed by atoms with Crippen molar-refractivity contribution in [1.29, 1.82) is 0 Å². The lowest BCUT2D eigenvalue weighted by atomic mass is 9.76. The molecule has 4 nitrogen and oxygen atoms in total. The Hall–Kier alpha value is -1.42. The Morgan fingerprint density at radius 1 is 1.29 bits per heavy atom. The second kappa shape index (κ2) is 3.53. The molecule has 1 aromatic heterocycles. The zero-order chi connectivity index (χ0) is 12.0. The maximum atomic E-state index is 12.5. The van der Waals surface area contributed by atoms with Crippen LogP contribution < -0.4 is 4.90 Å². The van der Waals surface area contributed by atoms with E-state index in [1.807, 2.05) is 19.2 Å². The fourth-order valence-corrected chi connectivity index (χ4v) is 3.02. The summed E-state index contributed by atoms with van der Waals surface area (Å²) in [5, 5.41) is 0. The monoisotopic (exact) mass is 231 g/mol. The van der Waals surface area contributed by atoms with Crippen LogP contribution in [0.1, 0.15) is 18.5 Å². The number of hydrogen-bond donors (Lipinski definition) is 0. The van der Waals surface area contributed by atoms with Crippen LogP contribution in [0, 0.1) is 0 Å². The average Bonchev–Trinajstić information content (AvgIpc) is 2.57. The van der Waals surface area contributed by atoms with Crippen molar-refractivity contribution in [3.63, 3.8) is 0 Å². The van der Waals surface area contributed by atoms with Crippen molar-refractivity contribution >= 4 is 11.6 Å². The number of amides is 1. The summed E-state index contributed by atoms with van der Waals surface area (Å²) in [4.78, 5) is 21.0. The SMILES string of the molecule is CN1CCC2(CC1)C(=O)N(C)c1cccnc12. The van der Waals surface area contributed by atoms with Gasteiger partial charge in [-0.05, 0) is 45.1 Å². The van der Waals surface area contributed by atoms with Gasteiger partial charge in [0.2, 0.25) is 5.91 Å². The molecule has 4 heteroatoms. The number of rotatable bonds is 0. The molecule has 0 bridgehead atoms. The second-order valence-corrected chi connectivity index (χ2v) is 5.12. The van der Waals surface area contributed by atoms with Gasteiger partial charge in [-0.1, -0.05) is 0 Å². The molecule has 1 amide bonds. The summed E-state index contributed by atoms with van der Waals surface area (Å²) in [6, 6.07) is 3.89. The lowest BCUT2D eigenvalue weighted by molar-refractivity contribution is -0.124. The van der Waals surface area contributed by atoms with Crippen LogP contribution in [0.15, 0.2) is 18.3 Å². The Morgan fingerprint density at radius 3 is 2.71 bits per heavy atom. The minimum Gasteiger partial charge on any atom is -0.313 e. The minimum absolute atomic E-state index is 0.222. The molecule has 0 saturated carbocycles. The van der Waals surface area contributed by atoms with Gasteiger partial charge in [0.05, 0.1) is 16.8 Å². The summed E-state index contributed by atoms with van der Waals surface area (Å²) in [6.07, 6.45) is 3.57. The fraction of sp³-hybridized carbons (Fsp3) is 0.538. The molecule has 0 unspecified atom stereocenters. The zero-order valence-electron chi connectivity index (χ0n) is 10.3. The van der Waals surface area contributed by atoms with Gasteiger partial charge in [-0.15, -0.1) is 0 Å². The van der Waals surface area contributed by atoms with Crippen LogP contribution in [0.2, 0.25) is 0 Å². The van der Waals surface area contributed by atoms with E-state index in [2.05, 4.69) is 16.9 Å². The number of likely N-dealkylation sites (tertiary alicyclic amines) is 1. The first-order chi connectivity index (χ1) is 8.15. The highest BCUT2D eigenvalue weighted by Crippen LogP contribution is 2.45. The molecule has 0 N–H and O–H groups in total. The number of likely N-dealkylation sites (N-methyl/N-ethyl adjacent to an activating group) is 1. The predicted molar refractivity (Wildman–Crippen MR) is 66.1 cm³/mol. The largest absolute Gasteiger partial charge is 0.313 e. The minimum atomic E-state index is -0.349. The van der Waals surface area contributed by atoms with Gasteiger partial charge in [-0.25, -0.2) is 0 Å². The van der Waals surface area contributed by atoms with Crippen LogP contribution in [-0.4, -0.2) is 43.0 Å². The van der Waals surface area contributed by atoms with Crippen molar-refractivity contribution < 1.29 is 4.79 Å². The fourth-order valence-electron chi connectivity index (χ4n) is 3.02. The number of piperidine rings is 1. The summed E-state index contributed by atoms with van der Waals surface area (Å²) in [6.45, 7) is 1.94. The highest BCUT2D eigenvalue weighted by molar-refractivity contribution is 6.07. The summed E-state index contributed by atoms with van der Waals surface area (Å²) < 4.78 is 0. The van der Waals surface area contributed by atoms with E-state index >= 15 is 0 Å². The Morgan fingerprint density at radius 2 is 2.00 bits per heavy atom. The van der Waals surface area contributed by atoms with Gasteiger partial charge in [-0.3, -0.25) is 9.78 Å². The molecule has 1 saturated heterocycles. The number of pyridine rings is 1. The van der Waals surface area contributed by atoms with Gasteiger partial charge in [0.15, 0.2) is 0 Å². The Labute approximate surface area is 101 Å². The topological polar surface area (TPSA) is 36.4 Å². The lowest BCUT2D eigenvalue weighted by Crippen LogP contribution is -2.47. The third-order valence-electron chi connectivity index (χ3n) is 4.16. The van der Waals surface area contributed by atoms with Crippen LogP contribution in [0.5, 0.6) is 0 Å². The normalized spacial score (nSPS) is 23.2. The molecule has 3 rings (SSSR count). The first kappa shape index (κ1) is 10.7. The quantitative estimate of drug-likeness (QED) is 0.669. The third kappa shape index (κ3) is 1.33. The number of anilines is 1. The Kier molecular flexibility index (Phi) is 2.23. The summed E-state index contributed by atoms with van der Waals surface area (Å²) in [7, 11) is 3.96. The van der Waals surface area contributed by atoms with Crippen molar-refractivity contribution in [2.75, 3.05) is 32.1 Å². The highest BCUT2D eigenvalue weighted by Gasteiger charge is 2.51. The summed E-state index contributed by atoms with van der Waals surface area (Å²) in [5.74, 6) is 0.222. The molecular weight excluding hydrogens is 214 g/mol. The van der Waals surface area contributed by atoms with Crippen LogP contribution in [0.25, 0.3) is 0 Å². The van der Waals surface area contributed by atoms with E-state index in [-0.39, 0.29) is 11.3 Å². The van der Waals surface area contributed by atoms with Gasteiger partial charge in [0.1, 0.15) is 0 Å². The number of nitrogens with zero attached hydrogens (tertiary/aromatic N) is 3. The first-order valence-corrected chi connectivity index (χ1v) is 6.07. The molecule has 0 aromatic carbocycles. The highest BCUT2D eigenvalue weighted by atomic mass is 16.2. The third-order valence-corrected chi connectivity index (χ3v) is 4.16.